The number of carboxylic acids is 1. The highest BCUT2D eigenvalue weighted by Crippen LogP contribution is 2.35. The van der Waals surface area contributed by atoms with Crippen LogP contribution >= 0.6 is 34.8 Å². The van der Waals surface area contributed by atoms with E-state index in [-0.39, 0.29) is 13.0 Å². The van der Waals surface area contributed by atoms with Gasteiger partial charge in [0, 0.05) is 23.7 Å². The van der Waals surface area contributed by atoms with E-state index in [0.717, 1.165) is 29.8 Å². The van der Waals surface area contributed by atoms with Crippen LogP contribution in [0.25, 0.3) is 0 Å². The number of anilines is 1. The average Bonchev–Trinajstić information content (AvgIpc) is 2.57. The second-order valence-corrected chi connectivity index (χ2v) is 7.10. The van der Waals surface area contributed by atoms with Gasteiger partial charge < -0.3 is 15.2 Å². The Kier molecular flexibility index (Phi) is 7.88. The van der Waals surface area contributed by atoms with Gasteiger partial charge in [0.2, 0.25) is 0 Å². The van der Waals surface area contributed by atoms with Gasteiger partial charge in [0.05, 0.1) is 10.0 Å². The minimum Gasteiger partial charge on any atom is -0.486 e. The van der Waals surface area contributed by atoms with Crippen molar-refractivity contribution in [1.82, 2.24) is 0 Å². The van der Waals surface area contributed by atoms with Gasteiger partial charge in [-0.05, 0) is 54.3 Å². The number of carboxylic acid groups (broad SMARTS) is 1. The number of aryl methyl sites for hydroxylation is 1. The second kappa shape index (κ2) is 9.91. The average molecular weight is 417 g/mol. The van der Waals surface area contributed by atoms with E-state index < -0.39 is 5.97 Å². The second-order valence-electron chi connectivity index (χ2n) is 5.85. The predicted molar refractivity (Wildman–Crippen MR) is 107 cm³/mol. The summed E-state index contributed by atoms with van der Waals surface area (Å²) >= 11 is 18.7. The maximum atomic E-state index is 10.7. The van der Waals surface area contributed by atoms with E-state index in [9.17, 15) is 4.79 Å². The molecule has 7 heteroatoms. The molecule has 2 rings (SSSR count). The molecule has 0 unspecified atom stereocenters. The third-order valence-corrected chi connectivity index (χ3v) is 4.39. The molecule has 0 amide bonds. The fourth-order valence-electron chi connectivity index (χ4n) is 2.41. The lowest BCUT2D eigenvalue weighted by Crippen LogP contribution is -2.02. The molecule has 0 atom stereocenters. The molecule has 0 saturated carbocycles. The molecule has 0 aliphatic carbocycles. The van der Waals surface area contributed by atoms with Gasteiger partial charge >= 0.3 is 5.97 Å². The molecule has 2 aromatic carbocycles. The van der Waals surface area contributed by atoms with Gasteiger partial charge in [0.1, 0.15) is 6.61 Å². The largest absolute Gasteiger partial charge is 0.486 e. The Morgan fingerprint density at radius 2 is 1.77 bits per heavy atom. The topological polar surface area (TPSA) is 58.6 Å². The summed E-state index contributed by atoms with van der Waals surface area (Å²) in [6, 6.07) is 9.00. The van der Waals surface area contributed by atoms with E-state index in [1.54, 1.807) is 12.1 Å². The van der Waals surface area contributed by atoms with Crippen LogP contribution in [0.4, 0.5) is 5.69 Å². The highest BCUT2D eigenvalue weighted by atomic mass is 35.5. The summed E-state index contributed by atoms with van der Waals surface area (Å²) in [5.41, 5.74) is 2.57. The zero-order chi connectivity index (χ0) is 19.1. The maximum Gasteiger partial charge on any atom is 0.303 e. The Morgan fingerprint density at radius 1 is 1.08 bits per heavy atom. The number of carbonyl (C=O) groups is 1. The summed E-state index contributed by atoms with van der Waals surface area (Å²) in [5.74, 6) is -0.499. The quantitative estimate of drug-likeness (QED) is 0.521. The molecular weight excluding hydrogens is 397 g/mol. The van der Waals surface area contributed by atoms with Crippen LogP contribution in [0.2, 0.25) is 15.1 Å². The zero-order valence-corrected chi connectivity index (χ0v) is 16.6. The number of aliphatic carboxylic acids is 1. The highest BCUT2D eigenvalue weighted by molar-refractivity contribution is 6.37. The van der Waals surface area contributed by atoms with E-state index in [1.807, 2.05) is 18.2 Å². The molecule has 4 nitrogen and oxygen atoms in total. The maximum absolute atomic E-state index is 10.7. The summed E-state index contributed by atoms with van der Waals surface area (Å²) in [5, 5.41) is 13.4. The number of halogens is 3. The molecule has 2 N–H and O–H groups in total. The van der Waals surface area contributed by atoms with Crippen molar-refractivity contribution in [3.8, 4) is 5.75 Å². The first-order chi connectivity index (χ1) is 12.4. The molecule has 0 radical (unpaired) electrons. The molecule has 140 valence electrons. The van der Waals surface area contributed by atoms with E-state index in [4.69, 9.17) is 44.6 Å². The van der Waals surface area contributed by atoms with E-state index in [0.29, 0.717) is 27.2 Å². The van der Waals surface area contributed by atoms with Crippen LogP contribution in [0.1, 0.15) is 30.9 Å². The molecule has 0 aromatic heterocycles. The van der Waals surface area contributed by atoms with Gasteiger partial charge in [0.15, 0.2) is 5.75 Å². The fraction of sp³-hybridized carbons (Fsp3) is 0.316. The monoisotopic (exact) mass is 415 g/mol. The van der Waals surface area contributed by atoms with Gasteiger partial charge in [-0.2, -0.15) is 0 Å². The van der Waals surface area contributed by atoms with Gasteiger partial charge in [-0.25, -0.2) is 0 Å². The fourth-order valence-corrected chi connectivity index (χ4v) is 3.31. The lowest BCUT2D eigenvalue weighted by molar-refractivity contribution is -0.136. The van der Waals surface area contributed by atoms with Crippen molar-refractivity contribution in [3.05, 3.63) is 56.5 Å². The lowest BCUT2D eigenvalue weighted by Gasteiger charge is -2.13. The van der Waals surface area contributed by atoms with Crippen molar-refractivity contribution in [2.24, 2.45) is 0 Å². The normalized spacial score (nSPS) is 10.6. The third-order valence-electron chi connectivity index (χ3n) is 3.61. The Labute approximate surface area is 168 Å². The summed E-state index contributed by atoms with van der Waals surface area (Å²) < 4.78 is 5.78. The minimum absolute atomic E-state index is 0.0168. The molecule has 26 heavy (non-hydrogen) atoms. The van der Waals surface area contributed by atoms with Crippen LogP contribution in [0, 0.1) is 0 Å². The van der Waals surface area contributed by atoms with Crippen LogP contribution in [-0.4, -0.2) is 17.6 Å². The summed E-state index contributed by atoms with van der Waals surface area (Å²) in [7, 11) is 0. The summed E-state index contributed by atoms with van der Waals surface area (Å²) in [4.78, 5) is 10.7. The number of hydrogen-bond donors (Lipinski definition) is 2. The molecule has 0 bridgehead atoms. The van der Waals surface area contributed by atoms with E-state index in [1.165, 1.54) is 0 Å². The number of hydrogen-bond acceptors (Lipinski definition) is 3. The molecule has 0 aliphatic rings. The molecule has 2 aromatic rings. The van der Waals surface area contributed by atoms with Crippen LogP contribution in [0.15, 0.2) is 30.3 Å². The number of ether oxygens (including phenoxy) is 1. The van der Waals surface area contributed by atoms with E-state index in [2.05, 4.69) is 12.2 Å². The van der Waals surface area contributed by atoms with Crippen molar-refractivity contribution < 1.29 is 14.6 Å². The Balaban J connectivity index is 2.09. The van der Waals surface area contributed by atoms with Crippen molar-refractivity contribution in [3.63, 3.8) is 0 Å². The van der Waals surface area contributed by atoms with Crippen LogP contribution < -0.4 is 10.1 Å². The highest BCUT2D eigenvalue weighted by Gasteiger charge is 2.11. The van der Waals surface area contributed by atoms with Crippen molar-refractivity contribution in [2.75, 3.05) is 11.9 Å². The SMILES string of the molecule is CCCNc1cc(Cl)cc(COc2c(Cl)cc(CCC(=O)O)cc2Cl)c1. The lowest BCUT2D eigenvalue weighted by atomic mass is 10.1. The van der Waals surface area contributed by atoms with Gasteiger partial charge in [-0.3, -0.25) is 4.79 Å². The predicted octanol–water partition coefficient (Wildman–Crippen LogP) is 6.06. The van der Waals surface area contributed by atoms with Crippen molar-refractivity contribution in [2.45, 2.75) is 32.8 Å². The number of benzene rings is 2. The first-order valence-electron chi connectivity index (χ1n) is 8.25. The first kappa shape index (κ1) is 20.7. The molecule has 0 fully saturated rings. The van der Waals surface area contributed by atoms with Crippen molar-refractivity contribution in [1.29, 1.82) is 0 Å². The molecule has 0 heterocycles. The zero-order valence-electron chi connectivity index (χ0n) is 14.3. The van der Waals surface area contributed by atoms with Gasteiger partial charge in [-0.15, -0.1) is 0 Å². The smallest absolute Gasteiger partial charge is 0.303 e. The standard InChI is InChI=1S/C19H20Cl3NO3/c1-2-5-23-15-7-13(6-14(20)10-15)11-26-19-16(21)8-12(9-17(19)22)3-4-18(24)25/h6-10,23H,2-5,11H2,1H3,(H,24,25). The molecule has 0 spiro atoms. The minimum atomic E-state index is -0.869. The van der Waals surface area contributed by atoms with E-state index >= 15 is 0 Å². The van der Waals surface area contributed by atoms with Gasteiger partial charge in [0.25, 0.3) is 0 Å². The van der Waals surface area contributed by atoms with Crippen LogP contribution in [0.5, 0.6) is 5.75 Å². The van der Waals surface area contributed by atoms with Crippen molar-refractivity contribution >= 4 is 46.5 Å². The van der Waals surface area contributed by atoms with Gasteiger partial charge in [-0.1, -0.05) is 41.7 Å². The first-order valence-corrected chi connectivity index (χ1v) is 9.38. The van der Waals surface area contributed by atoms with Crippen LogP contribution in [-0.2, 0) is 17.8 Å². The Bertz CT molecular complexity index is 758. The summed E-state index contributed by atoms with van der Waals surface area (Å²) in [6.45, 7) is 3.21. The number of rotatable bonds is 9. The number of nitrogens with one attached hydrogen (secondary N) is 1. The Hall–Kier alpha value is -1.62. The molecule has 0 aliphatic heterocycles. The molecule has 0 saturated heterocycles. The Morgan fingerprint density at radius 3 is 2.38 bits per heavy atom. The van der Waals surface area contributed by atoms with Crippen LogP contribution in [0.3, 0.4) is 0 Å². The molecular formula is C19H20Cl3NO3. The third kappa shape index (κ3) is 6.27. The summed E-state index contributed by atoms with van der Waals surface area (Å²) in [6.07, 6.45) is 1.39.